The number of nitrogen functional groups attached to an aromatic ring is 1. The summed E-state index contributed by atoms with van der Waals surface area (Å²) in [7, 11) is 0. The highest BCUT2D eigenvalue weighted by Gasteiger charge is 2.32. The monoisotopic (exact) mass is 231 g/mol. The van der Waals surface area contributed by atoms with E-state index in [-0.39, 0.29) is 17.9 Å². The number of hydrogen-bond donors (Lipinski definition) is 3. The number of benzene rings is 1. The fourth-order valence-corrected chi connectivity index (χ4v) is 1.49. The summed E-state index contributed by atoms with van der Waals surface area (Å²) in [6.45, 7) is 0.00254. The molecule has 2 rings (SSSR count). The molecule has 0 fully saturated rings. The second kappa shape index (κ2) is 3.29. The van der Waals surface area contributed by atoms with Crippen LogP contribution in [-0.2, 0) is 11.0 Å². The van der Waals surface area contributed by atoms with Gasteiger partial charge in [0.2, 0.25) is 5.91 Å². The molecule has 4 nitrogen and oxygen atoms in total. The summed E-state index contributed by atoms with van der Waals surface area (Å²) in [4.78, 5) is 11.0. The average molecular weight is 231 g/mol. The third kappa shape index (κ3) is 1.75. The average Bonchev–Trinajstić information content (AvgIpc) is 2.15. The van der Waals surface area contributed by atoms with Crippen LogP contribution in [0.5, 0.6) is 0 Å². The number of nitrogens with one attached hydrogen (secondary N) is 2. The summed E-state index contributed by atoms with van der Waals surface area (Å²) in [6, 6.07) is 1.69. The van der Waals surface area contributed by atoms with E-state index in [0.29, 0.717) is 5.69 Å². The van der Waals surface area contributed by atoms with Crippen molar-refractivity contribution in [3.05, 3.63) is 17.7 Å². The Hall–Kier alpha value is -1.92. The molecule has 0 atom stereocenters. The van der Waals surface area contributed by atoms with Crippen molar-refractivity contribution < 1.29 is 18.0 Å². The van der Waals surface area contributed by atoms with Gasteiger partial charge in [-0.05, 0) is 12.1 Å². The van der Waals surface area contributed by atoms with E-state index in [0.717, 1.165) is 12.1 Å². The number of alkyl halides is 3. The second-order valence-corrected chi connectivity index (χ2v) is 3.39. The van der Waals surface area contributed by atoms with Crippen molar-refractivity contribution in [3.63, 3.8) is 0 Å². The van der Waals surface area contributed by atoms with Gasteiger partial charge in [-0.15, -0.1) is 0 Å². The Bertz CT molecular complexity index is 456. The molecule has 0 radical (unpaired) electrons. The Balaban J connectivity index is 2.52. The highest BCUT2D eigenvalue weighted by molar-refractivity contribution is 6.03. The summed E-state index contributed by atoms with van der Waals surface area (Å²) < 4.78 is 37.3. The van der Waals surface area contributed by atoms with Crippen molar-refractivity contribution in [2.24, 2.45) is 0 Å². The molecule has 0 aromatic heterocycles. The molecule has 0 saturated heterocycles. The number of rotatable bonds is 0. The molecule has 4 N–H and O–H groups in total. The molecule has 86 valence electrons. The van der Waals surface area contributed by atoms with E-state index in [1.54, 1.807) is 0 Å². The summed E-state index contributed by atoms with van der Waals surface area (Å²) in [5, 5.41) is 4.99. The van der Waals surface area contributed by atoms with Crippen LogP contribution in [0, 0.1) is 0 Å². The van der Waals surface area contributed by atoms with Gasteiger partial charge in [0.25, 0.3) is 0 Å². The smallest absolute Gasteiger partial charge is 0.397 e. The first-order chi connectivity index (χ1) is 7.38. The Morgan fingerprint density at radius 1 is 1.31 bits per heavy atom. The maximum absolute atomic E-state index is 12.4. The maximum atomic E-state index is 12.4. The summed E-state index contributed by atoms with van der Waals surface area (Å²) in [6.07, 6.45) is -4.48. The lowest BCUT2D eigenvalue weighted by Crippen LogP contribution is -2.28. The Kier molecular flexibility index (Phi) is 2.18. The van der Waals surface area contributed by atoms with E-state index in [2.05, 4.69) is 10.6 Å². The van der Waals surface area contributed by atoms with E-state index in [4.69, 9.17) is 5.73 Å². The first kappa shape index (κ1) is 10.6. The zero-order valence-corrected chi connectivity index (χ0v) is 7.98. The molecule has 1 aromatic rings. The van der Waals surface area contributed by atoms with Gasteiger partial charge in [0.1, 0.15) is 0 Å². The molecule has 1 aliphatic heterocycles. The van der Waals surface area contributed by atoms with Gasteiger partial charge < -0.3 is 16.4 Å². The number of halogens is 3. The third-order valence-electron chi connectivity index (χ3n) is 2.20. The molecule has 16 heavy (non-hydrogen) atoms. The SMILES string of the molecule is Nc1cc(C(F)(F)F)cc2c1NCC(=O)N2. The number of nitrogens with two attached hydrogens (primary N) is 1. The van der Waals surface area contributed by atoms with E-state index in [1.807, 2.05) is 0 Å². The van der Waals surface area contributed by atoms with Crippen LogP contribution < -0.4 is 16.4 Å². The molecule has 1 aromatic carbocycles. The van der Waals surface area contributed by atoms with E-state index < -0.39 is 17.6 Å². The minimum Gasteiger partial charge on any atom is -0.397 e. The van der Waals surface area contributed by atoms with Crippen LogP contribution >= 0.6 is 0 Å². The third-order valence-corrected chi connectivity index (χ3v) is 2.20. The van der Waals surface area contributed by atoms with Crippen LogP contribution in [0.4, 0.5) is 30.2 Å². The van der Waals surface area contributed by atoms with Gasteiger partial charge in [-0.3, -0.25) is 4.79 Å². The fraction of sp³-hybridized carbons (Fsp3) is 0.222. The first-order valence-corrected chi connectivity index (χ1v) is 4.42. The van der Waals surface area contributed by atoms with Crippen molar-refractivity contribution in [2.75, 3.05) is 22.9 Å². The minimum absolute atomic E-state index is 0.00254. The number of carbonyl (C=O) groups is 1. The number of hydrogen-bond acceptors (Lipinski definition) is 3. The van der Waals surface area contributed by atoms with Crippen LogP contribution in [0.15, 0.2) is 12.1 Å². The van der Waals surface area contributed by atoms with Gasteiger partial charge in [0.15, 0.2) is 0 Å². The standard InChI is InChI=1S/C9H8F3N3O/c10-9(11,12)4-1-5(13)8-6(2-4)15-7(16)3-14-8/h1-2,14H,3,13H2,(H,15,16). The molecule has 1 heterocycles. The van der Waals surface area contributed by atoms with E-state index >= 15 is 0 Å². The fourth-order valence-electron chi connectivity index (χ4n) is 1.49. The van der Waals surface area contributed by atoms with Gasteiger partial charge in [-0.1, -0.05) is 0 Å². The summed E-state index contributed by atoms with van der Waals surface area (Å²) in [5.74, 6) is -0.397. The van der Waals surface area contributed by atoms with E-state index in [9.17, 15) is 18.0 Å². The molecule has 0 unspecified atom stereocenters. The van der Waals surface area contributed by atoms with Crippen LogP contribution in [0.2, 0.25) is 0 Å². The number of anilines is 3. The van der Waals surface area contributed by atoms with Crippen molar-refractivity contribution in [1.29, 1.82) is 0 Å². The molecule has 0 spiro atoms. The summed E-state index contributed by atoms with van der Waals surface area (Å²) >= 11 is 0. The Labute approximate surface area is 88.6 Å². The Morgan fingerprint density at radius 2 is 2.00 bits per heavy atom. The summed E-state index contributed by atoms with van der Waals surface area (Å²) in [5.41, 5.74) is 4.94. The normalized spacial score (nSPS) is 15.1. The van der Waals surface area contributed by atoms with Gasteiger partial charge in [0, 0.05) is 0 Å². The second-order valence-electron chi connectivity index (χ2n) is 3.39. The highest BCUT2D eigenvalue weighted by atomic mass is 19.4. The van der Waals surface area contributed by atoms with Gasteiger partial charge in [-0.2, -0.15) is 13.2 Å². The predicted molar refractivity (Wildman–Crippen MR) is 53.0 cm³/mol. The van der Waals surface area contributed by atoms with E-state index in [1.165, 1.54) is 0 Å². The van der Waals surface area contributed by atoms with Crippen molar-refractivity contribution in [1.82, 2.24) is 0 Å². The molecule has 0 aliphatic carbocycles. The maximum Gasteiger partial charge on any atom is 0.416 e. The number of amides is 1. The first-order valence-electron chi connectivity index (χ1n) is 4.42. The highest BCUT2D eigenvalue weighted by Crippen LogP contribution is 2.38. The lowest BCUT2D eigenvalue weighted by atomic mass is 10.1. The van der Waals surface area contributed by atoms with Crippen molar-refractivity contribution >= 4 is 23.0 Å². The lowest BCUT2D eigenvalue weighted by Gasteiger charge is -2.21. The topological polar surface area (TPSA) is 67.1 Å². The Morgan fingerprint density at radius 3 is 2.62 bits per heavy atom. The molecule has 1 amide bonds. The lowest BCUT2D eigenvalue weighted by molar-refractivity contribution is -0.137. The van der Waals surface area contributed by atoms with Crippen LogP contribution in [0.1, 0.15) is 5.56 Å². The van der Waals surface area contributed by atoms with Gasteiger partial charge in [-0.25, -0.2) is 0 Å². The van der Waals surface area contributed by atoms with Gasteiger partial charge in [0.05, 0.1) is 29.2 Å². The molecule has 7 heteroatoms. The molecule has 0 saturated carbocycles. The van der Waals surface area contributed by atoms with Crippen LogP contribution in [0.3, 0.4) is 0 Å². The van der Waals surface area contributed by atoms with Crippen LogP contribution in [0.25, 0.3) is 0 Å². The van der Waals surface area contributed by atoms with Crippen LogP contribution in [-0.4, -0.2) is 12.5 Å². The van der Waals surface area contributed by atoms with Crippen molar-refractivity contribution in [2.45, 2.75) is 6.18 Å². The molecule has 0 bridgehead atoms. The zero-order chi connectivity index (χ0) is 11.9. The largest absolute Gasteiger partial charge is 0.416 e. The molecule has 1 aliphatic rings. The van der Waals surface area contributed by atoms with Crippen molar-refractivity contribution in [3.8, 4) is 0 Å². The minimum atomic E-state index is -4.48. The number of fused-ring (bicyclic) bond motifs is 1. The zero-order valence-electron chi connectivity index (χ0n) is 7.98. The number of carbonyl (C=O) groups excluding carboxylic acids is 1. The molecular weight excluding hydrogens is 223 g/mol. The molecular formula is C9H8F3N3O. The predicted octanol–water partition coefficient (Wildman–Crippen LogP) is 1.65. The quantitative estimate of drug-likeness (QED) is 0.595. The van der Waals surface area contributed by atoms with Gasteiger partial charge >= 0.3 is 6.18 Å².